The Kier molecular flexibility index (Phi) is 4.81. The van der Waals surface area contributed by atoms with E-state index in [0.29, 0.717) is 0 Å². The number of ether oxygens (including phenoxy) is 1. The SMILES string of the molecule is CC(Oc1c(Cl)cc(C=NN2C(=O)C3C4C=CC(C4)C3C2=O)cc1[N+](=O)[O-])C(=O)O. The predicted octanol–water partition coefficient (Wildman–Crippen LogP) is 2.24. The Morgan fingerprint density at radius 3 is 2.47 bits per heavy atom. The van der Waals surface area contributed by atoms with E-state index in [9.17, 15) is 24.5 Å². The number of imide groups is 1. The average molecular weight is 434 g/mol. The lowest BCUT2D eigenvalue weighted by atomic mass is 9.85. The fourth-order valence-electron chi connectivity index (χ4n) is 4.28. The van der Waals surface area contributed by atoms with Gasteiger partial charge in [-0.2, -0.15) is 10.1 Å². The molecule has 3 aliphatic rings. The van der Waals surface area contributed by atoms with Crippen LogP contribution in [0.3, 0.4) is 0 Å². The molecule has 1 aromatic carbocycles. The zero-order chi connectivity index (χ0) is 21.7. The van der Waals surface area contributed by atoms with Crippen LogP contribution in [-0.2, 0) is 14.4 Å². The predicted molar refractivity (Wildman–Crippen MR) is 103 cm³/mol. The van der Waals surface area contributed by atoms with Crippen molar-refractivity contribution >= 4 is 41.3 Å². The quantitative estimate of drug-likeness (QED) is 0.238. The molecule has 10 nitrogen and oxygen atoms in total. The van der Waals surface area contributed by atoms with Gasteiger partial charge in [0.2, 0.25) is 5.75 Å². The van der Waals surface area contributed by atoms with Gasteiger partial charge in [-0.15, -0.1) is 0 Å². The number of fused-ring (bicyclic) bond motifs is 5. The fourth-order valence-corrected chi connectivity index (χ4v) is 4.55. The highest BCUT2D eigenvalue weighted by Gasteiger charge is 2.59. The zero-order valence-corrected chi connectivity index (χ0v) is 16.4. The Balaban J connectivity index is 1.60. The third-order valence-electron chi connectivity index (χ3n) is 5.65. The van der Waals surface area contributed by atoms with Crippen molar-refractivity contribution in [1.82, 2.24) is 5.01 Å². The largest absolute Gasteiger partial charge is 0.479 e. The molecule has 1 saturated heterocycles. The molecule has 0 radical (unpaired) electrons. The van der Waals surface area contributed by atoms with Crippen LogP contribution < -0.4 is 4.74 Å². The lowest BCUT2D eigenvalue weighted by molar-refractivity contribution is -0.386. The van der Waals surface area contributed by atoms with E-state index in [1.807, 2.05) is 12.2 Å². The first-order chi connectivity index (χ1) is 14.2. The normalized spacial score (nSPS) is 27.7. The van der Waals surface area contributed by atoms with Crippen LogP contribution in [0.15, 0.2) is 29.4 Å². The van der Waals surface area contributed by atoms with E-state index in [1.165, 1.54) is 13.0 Å². The van der Waals surface area contributed by atoms with Crippen molar-refractivity contribution in [3.63, 3.8) is 0 Å². The highest BCUT2D eigenvalue weighted by molar-refractivity contribution is 6.32. The molecule has 2 fully saturated rings. The second-order valence-corrected chi connectivity index (χ2v) is 7.85. The minimum absolute atomic E-state index is 0.0415. The molecule has 2 aliphatic carbocycles. The number of hydrogen-bond donors (Lipinski definition) is 1. The monoisotopic (exact) mass is 433 g/mol. The standard InChI is InChI=1S/C19H16ClN3O7/c1-8(19(26)27)30-16-12(20)4-9(5-13(16)23(28)29)7-21-22-17(24)14-10-2-3-11(6-10)15(14)18(22)25/h2-5,7-8,10-11,14-15H,6H2,1H3,(H,26,27). The van der Waals surface area contributed by atoms with Crippen LogP contribution in [0.4, 0.5) is 5.69 Å². The van der Waals surface area contributed by atoms with Crippen LogP contribution in [0.1, 0.15) is 18.9 Å². The molecule has 1 aliphatic heterocycles. The molecule has 30 heavy (non-hydrogen) atoms. The van der Waals surface area contributed by atoms with E-state index in [0.717, 1.165) is 23.7 Å². The van der Waals surface area contributed by atoms with Crippen molar-refractivity contribution in [3.8, 4) is 5.75 Å². The van der Waals surface area contributed by atoms with Crippen LogP contribution in [0.5, 0.6) is 5.75 Å². The highest BCUT2D eigenvalue weighted by atomic mass is 35.5. The summed E-state index contributed by atoms with van der Waals surface area (Å²) in [5, 5.41) is 24.9. The summed E-state index contributed by atoms with van der Waals surface area (Å²) in [7, 11) is 0. The topological polar surface area (TPSA) is 139 Å². The Morgan fingerprint density at radius 1 is 1.33 bits per heavy atom. The maximum Gasteiger partial charge on any atom is 0.344 e. The van der Waals surface area contributed by atoms with Gasteiger partial charge >= 0.3 is 11.7 Å². The van der Waals surface area contributed by atoms with E-state index in [2.05, 4.69) is 5.10 Å². The first-order valence-corrected chi connectivity index (χ1v) is 9.54. The summed E-state index contributed by atoms with van der Waals surface area (Å²) in [6.45, 7) is 1.21. The molecule has 0 aromatic heterocycles. The lowest BCUT2D eigenvalue weighted by Crippen LogP contribution is -2.28. The van der Waals surface area contributed by atoms with Gasteiger partial charge in [0, 0.05) is 11.6 Å². The summed E-state index contributed by atoms with van der Waals surface area (Å²) in [6, 6.07) is 2.36. The van der Waals surface area contributed by atoms with Gasteiger partial charge in [-0.3, -0.25) is 19.7 Å². The van der Waals surface area contributed by atoms with Gasteiger partial charge in [0.1, 0.15) is 0 Å². The molecular weight excluding hydrogens is 418 g/mol. The number of carbonyl (C=O) groups excluding carboxylic acids is 2. The van der Waals surface area contributed by atoms with Crippen molar-refractivity contribution in [2.24, 2.45) is 28.8 Å². The third-order valence-corrected chi connectivity index (χ3v) is 5.94. The molecule has 2 amide bonds. The Labute approximate surface area is 174 Å². The summed E-state index contributed by atoms with van der Waals surface area (Å²) in [4.78, 5) is 46.9. The summed E-state index contributed by atoms with van der Waals surface area (Å²) in [6.07, 6.45) is 4.50. The molecule has 0 spiro atoms. The molecule has 1 aromatic rings. The molecular formula is C19H16ClN3O7. The maximum absolute atomic E-state index is 12.6. The number of halogens is 1. The molecule has 1 N–H and O–H groups in total. The number of rotatable bonds is 6. The number of nitro groups is 1. The molecule has 4 rings (SSSR count). The van der Waals surface area contributed by atoms with Crippen LogP contribution in [0.2, 0.25) is 5.02 Å². The number of amides is 2. The number of hydrazone groups is 1. The molecule has 5 unspecified atom stereocenters. The van der Waals surface area contributed by atoms with Gasteiger partial charge in [0.05, 0.1) is 28.0 Å². The molecule has 1 heterocycles. The number of aliphatic carboxylic acids is 1. The van der Waals surface area contributed by atoms with Crippen molar-refractivity contribution in [2.75, 3.05) is 0 Å². The minimum Gasteiger partial charge on any atom is -0.479 e. The van der Waals surface area contributed by atoms with Gasteiger partial charge in [0.25, 0.3) is 11.8 Å². The van der Waals surface area contributed by atoms with Crippen LogP contribution in [0.25, 0.3) is 0 Å². The molecule has 156 valence electrons. The van der Waals surface area contributed by atoms with Crippen LogP contribution >= 0.6 is 11.6 Å². The van der Waals surface area contributed by atoms with Gasteiger partial charge in [-0.1, -0.05) is 23.8 Å². The number of carbonyl (C=O) groups is 3. The molecule has 1 saturated carbocycles. The van der Waals surface area contributed by atoms with Crippen LogP contribution in [0, 0.1) is 33.8 Å². The fraction of sp³-hybridized carbons (Fsp3) is 0.368. The minimum atomic E-state index is -1.36. The van der Waals surface area contributed by atoms with E-state index in [4.69, 9.17) is 21.4 Å². The van der Waals surface area contributed by atoms with Gasteiger partial charge in [-0.25, -0.2) is 4.79 Å². The number of nitro benzene ring substituents is 1. The number of benzene rings is 1. The van der Waals surface area contributed by atoms with E-state index in [-0.39, 0.29) is 40.0 Å². The Morgan fingerprint density at radius 2 is 1.93 bits per heavy atom. The summed E-state index contributed by atoms with van der Waals surface area (Å²) < 4.78 is 5.10. The van der Waals surface area contributed by atoms with E-state index in [1.54, 1.807) is 0 Å². The van der Waals surface area contributed by atoms with Crippen LogP contribution in [-0.4, -0.2) is 45.1 Å². The second-order valence-electron chi connectivity index (χ2n) is 7.44. The number of nitrogens with zero attached hydrogens (tertiary/aromatic N) is 3. The van der Waals surface area contributed by atoms with Crippen molar-refractivity contribution in [1.29, 1.82) is 0 Å². The first kappa shape index (κ1) is 20.0. The number of hydrogen-bond acceptors (Lipinski definition) is 7. The Hall–Kier alpha value is -3.27. The summed E-state index contributed by atoms with van der Waals surface area (Å²) in [5.74, 6) is -3.19. The van der Waals surface area contributed by atoms with Gasteiger partial charge in [0.15, 0.2) is 6.10 Å². The number of carboxylic acid groups (broad SMARTS) is 1. The van der Waals surface area contributed by atoms with E-state index < -0.39 is 34.5 Å². The number of allylic oxidation sites excluding steroid dienone is 2. The first-order valence-electron chi connectivity index (χ1n) is 9.16. The van der Waals surface area contributed by atoms with E-state index >= 15 is 0 Å². The summed E-state index contributed by atoms with van der Waals surface area (Å²) >= 11 is 6.06. The molecule has 11 heteroatoms. The summed E-state index contributed by atoms with van der Waals surface area (Å²) in [5.41, 5.74) is -0.406. The third kappa shape index (κ3) is 3.13. The Bertz CT molecular complexity index is 1010. The molecule has 2 bridgehead atoms. The maximum atomic E-state index is 12.6. The van der Waals surface area contributed by atoms with Crippen molar-refractivity contribution < 1.29 is 29.2 Å². The zero-order valence-electron chi connectivity index (χ0n) is 15.6. The van der Waals surface area contributed by atoms with Crippen molar-refractivity contribution in [2.45, 2.75) is 19.4 Å². The van der Waals surface area contributed by atoms with Gasteiger partial charge < -0.3 is 9.84 Å². The van der Waals surface area contributed by atoms with Gasteiger partial charge in [-0.05, 0) is 31.2 Å². The van der Waals surface area contributed by atoms with Crippen molar-refractivity contribution in [3.05, 3.63) is 45.0 Å². The second kappa shape index (κ2) is 7.21. The lowest BCUT2D eigenvalue weighted by Gasteiger charge is -2.13. The smallest absolute Gasteiger partial charge is 0.344 e. The average Bonchev–Trinajstić information content (AvgIpc) is 3.36. The molecule has 5 atom stereocenters. The number of carboxylic acids is 1. The highest BCUT2D eigenvalue weighted by Crippen LogP contribution is 2.52.